The van der Waals surface area contributed by atoms with E-state index >= 15 is 0 Å². The van der Waals surface area contributed by atoms with Crippen LogP contribution in [0.3, 0.4) is 0 Å². The van der Waals surface area contributed by atoms with Crippen molar-refractivity contribution in [1.29, 1.82) is 0 Å². The van der Waals surface area contributed by atoms with Gasteiger partial charge in [0.2, 0.25) is 0 Å². The van der Waals surface area contributed by atoms with Crippen LogP contribution in [0.2, 0.25) is 0 Å². The minimum Gasteiger partial charge on any atom is -0.380 e. The quantitative estimate of drug-likeness (QED) is 0.777. The van der Waals surface area contributed by atoms with E-state index in [1.807, 2.05) is 6.92 Å². The molecule has 1 aliphatic heterocycles. The fraction of sp³-hybridized carbons (Fsp3) is 1.00. The second-order valence-corrected chi connectivity index (χ2v) is 6.17. The van der Waals surface area contributed by atoms with E-state index in [2.05, 4.69) is 33.0 Å². The second kappa shape index (κ2) is 6.72. The van der Waals surface area contributed by atoms with Crippen molar-refractivity contribution in [3.8, 4) is 0 Å². The molecule has 1 saturated heterocycles. The second-order valence-electron chi connectivity index (χ2n) is 6.17. The van der Waals surface area contributed by atoms with E-state index in [1.54, 1.807) is 0 Å². The summed E-state index contributed by atoms with van der Waals surface area (Å²) in [4.78, 5) is 0. The number of hydrogen-bond acceptors (Lipinski definition) is 3. The van der Waals surface area contributed by atoms with Crippen molar-refractivity contribution in [2.45, 2.75) is 53.2 Å². The minimum absolute atomic E-state index is 0.242. The van der Waals surface area contributed by atoms with E-state index < -0.39 is 0 Å². The van der Waals surface area contributed by atoms with Crippen molar-refractivity contribution in [3.63, 3.8) is 0 Å². The topological polar surface area (TPSA) is 30.5 Å². The van der Waals surface area contributed by atoms with Crippen molar-refractivity contribution in [1.82, 2.24) is 5.32 Å². The van der Waals surface area contributed by atoms with Crippen molar-refractivity contribution in [3.05, 3.63) is 0 Å². The van der Waals surface area contributed by atoms with Crippen LogP contribution in [0.5, 0.6) is 0 Å². The zero-order valence-corrected chi connectivity index (χ0v) is 12.1. The van der Waals surface area contributed by atoms with Gasteiger partial charge in [0.05, 0.1) is 12.7 Å². The molecule has 0 aliphatic carbocycles. The Labute approximate surface area is 106 Å². The Morgan fingerprint density at radius 1 is 1.41 bits per heavy atom. The van der Waals surface area contributed by atoms with Crippen LogP contribution in [-0.4, -0.2) is 38.5 Å². The Balaban J connectivity index is 2.30. The van der Waals surface area contributed by atoms with Gasteiger partial charge in [0.25, 0.3) is 0 Å². The summed E-state index contributed by atoms with van der Waals surface area (Å²) in [5.74, 6) is 0.638. The highest BCUT2D eigenvalue weighted by molar-refractivity contribution is 4.87. The Bertz CT molecular complexity index is 213. The van der Waals surface area contributed by atoms with Gasteiger partial charge in [-0.2, -0.15) is 0 Å². The van der Waals surface area contributed by atoms with E-state index in [0.29, 0.717) is 18.1 Å². The molecule has 1 N–H and O–H groups in total. The Hall–Kier alpha value is -0.120. The molecule has 0 radical (unpaired) electrons. The normalized spacial score (nSPS) is 27.4. The molecule has 0 spiro atoms. The lowest BCUT2D eigenvalue weighted by atomic mass is 9.81. The van der Waals surface area contributed by atoms with E-state index in [9.17, 15) is 0 Å². The third-order valence-electron chi connectivity index (χ3n) is 3.37. The molecule has 0 aromatic heterocycles. The number of nitrogens with one attached hydrogen (secondary N) is 1. The SMILES string of the molecule is CCOC[C@@H](C)NC[C@H]1CCO[C@@H]1C(C)(C)C. The highest BCUT2D eigenvalue weighted by Gasteiger charge is 2.36. The summed E-state index contributed by atoms with van der Waals surface area (Å²) in [6.45, 7) is 14.5. The van der Waals surface area contributed by atoms with Crippen molar-refractivity contribution in [2.75, 3.05) is 26.4 Å². The van der Waals surface area contributed by atoms with Crippen LogP contribution >= 0.6 is 0 Å². The molecule has 0 saturated carbocycles. The van der Waals surface area contributed by atoms with Crippen LogP contribution in [0.25, 0.3) is 0 Å². The number of hydrogen-bond donors (Lipinski definition) is 1. The third-order valence-corrected chi connectivity index (χ3v) is 3.37. The molecule has 1 aliphatic rings. The van der Waals surface area contributed by atoms with E-state index in [4.69, 9.17) is 9.47 Å². The zero-order valence-electron chi connectivity index (χ0n) is 12.1. The minimum atomic E-state index is 0.242. The molecule has 0 aromatic rings. The molecular weight excluding hydrogens is 214 g/mol. The summed E-state index contributed by atoms with van der Waals surface area (Å²) in [5, 5.41) is 3.56. The molecule has 0 bridgehead atoms. The predicted octanol–water partition coefficient (Wildman–Crippen LogP) is 2.45. The molecular formula is C14H29NO2. The molecule has 3 heteroatoms. The first-order valence-electron chi connectivity index (χ1n) is 6.88. The number of rotatable bonds is 6. The monoisotopic (exact) mass is 243 g/mol. The first kappa shape index (κ1) is 14.9. The Morgan fingerprint density at radius 2 is 2.12 bits per heavy atom. The lowest BCUT2D eigenvalue weighted by molar-refractivity contribution is 0.00620. The average molecular weight is 243 g/mol. The average Bonchev–Trinajstić information content (AvgIpc) is 2.71. The maximum atomic E-state index is 5.87. The summed E-state index contributed by atoms with van der Waals surface area (Å²) in [6, 6.07) is 0.427. The van der Waals surface area contributed by atoms with Gasteiger partial charge >= 0.3 is 0 Å². The van der Waals surface area contributed by atoms with Gasteiger partial charge in [-0.25, -0.2) is 0 Å². The molecule has 102 valence electrons. The Morgan fingerprint density at radius 3 is 2.71 bits per heavy atom. The summed E-state index contributed by atoms with van der Waals surface area (Å²) in [7, 11) is 0. The first-order chi connectivity index (χ1) is 7.95. The molecule has 1 fully saturated rings. The number of ether oxygens (including phenoxy) is 2. The molecule has 0 amide bonds. The molecule has 3 nitrogen and oxygen atoms in total. The molecule has 17 heavy (non-hydrogen) atoms. The van der Waals surface area contributed by atoms with Crippen LogP contribution in [-0.2, 0) is 9.47 Å². The third kappa shape index (κ3) is 4.94. The van der Waals surface area contributed by atoms with Gasteiger partial charge in [-0.05, 0) is 25.7 Å². The van der Waals surface area contributed by atoms with Crippen molar-refractivity contribution < 1.29 is 9.47 Å². The predicted molar refractivity (Wildman–Crippen MR) is 71.3 cm³/mol. The molecule has 3 atom stereocenters. The maximum absolute atomic E-state index is 5.87. The highest BCUT2D eigenvalue weighted by Crippen LogP contribution is 2.34. The molecule has 0 unspecified atom stereocenters. The van der Waals surface area contributed by atoms with Crippen LogP contribution < -0.4 is 5.32 Å². The van der Waals surface area contributed by atoms with Gasteiger partial charge in [0, 0.05) is 31.7 Å². The van der Waals surface area contributed by atoms with Crippen molar-refractivity contribution in [2.24, 2.45) is 11.3 Å². The van der Waals surface area contributed by atoms with Gasteiger partial charge in [-0.1, -0.05) is 20.8 Å². The van der Waals surface area contributed by atoms with Gasteiger partial charge < -0.3 is 14.8 Å². The zero-order chi connectivity index (χ0) is 12.9. The van der Waals surface area contributed by atoms with E-state index in [0.717, 1.165) is 26.4 Å². The van der Waals surface area contributed by atoms with Crippen LogP contribution in [0.1, 0.15) is 41.0 Å². The van der Waals surface area contributed by atoms with Crippen LogP contribution in [0, 0.1) is 11.3 Å². The maximum Gasteiger partial charge on any atom is 0.0664 e. The lowest BCUT2D eigenvalue weighted by Crippen LogP contribution is -2.40. The summed E-state index contributed by atoms with van der Waals surface area (Å²) in [6.07, 6.45) is 1.56. The summed E-state index contributed by atoms with van der Waals surface area (Å²) in [5.41, 5.74) is 0.242. The Kier molecular flexibility index (Phi) is 5.90. The fourth-order valence-corrected chi connectivity index (χ4v) is 2.51. The molecule has 0 aromatic carbocycles. The van der Waals surface area contributed by atoms with Gasteiger partial charge in [0.1, 0.15) is 0 Å². The van der Waals surface area contributed by atoms with Gasteiger partial charge in [-0.15, -0.1) is 0 Å². The lowest BCUT2D eigenvalue weighted by Gasteiger charge is -2.31. The van der Waals surface area contributed by atoms with Crippen molar-refractivity contribution >= 4 is 0 Å². The smallest absolute Gasteiger partial charge is 0.0664 e. The first-order valence-corrected chi connectivity index (χ1v) is 6.88. The van der Waals surface area contributed by atoms with Gasteiger partial charge in [-0.3, -0.25) is 0 Å². The van der Waals surface area contributed by atoms with Gasteiger partial charge in [0.15, 0.2) is 0 Å². The van der Waals surface area contributed by atoms with E-state index in [1.165, 1.54) is 6.42 Å². The van der Waals surface area contributed by atoms with Crippen LogP contribution in [0.15, 0.2) is 0 Å². The molecule has 1 heterocycles. The summed E-state index contributed by atoms with van der Waals surface area (Å²) >= 11 is 0. The highest BCUT2D eigenvalue weighted by atomic mass is 16.5. The van der Waals surface area contributed by atoms with E-state index in [-0.39, 0.29) is 5.41 Å². The fourth-order valence-electron chi connectivity index (χ4n) is 2.51. The molecule has 1 rings (SSSR count). The summed E-state index contributed by atoms with van der Waals surface area (Å²) < 4.78 is 11.3. The largest absolute Gasteiger partial charge is 0.380 e. The standard InChI is InChI=1S/C14H29NO2/c1-6-16-10-11(2)15-9-12-7-8-17-13(12)14(3,4)5/h11-13,15H,6-10H2,1-5H3/t11-,12-,13+/m1/s1. The van der Waals surface area contributed by atoms with Crippen LogP contribution in [0.4, 0.5) is 0 Å².